The summed E-state index contributed by atoms with van der Waals surface area (Å²) in [5.74, 6) is 0. The molecule has 2 rings (SSSR count). The van der Waals surface area contributed by atoms with Crippen molar-refractivity contribution in [2.24, 2.45) is 0 Å². The first-order chi connectivity index (χ1) is 8.95. The van der Waals surface area contributed by atoms with Gasteiger partial charge < -0.3 is 5.32 Å². The molecule has 0 spiro atoms. The Morgan fingerprint density at radius 2 is 2.16 bits per heavy atom. The molecule has 1 N–H and O–H groups in total. The van der Waals surface area contributed by atoms with Gasteiger partial charge in [-0.2, -0.15) is 0 Å². The fourth-order valence-electron chi connectivity index (χ4n) is 2.67. The van der Waals surface area contributed by atoms with Gasteiger partial charge in [0.05, 0.1) is 10.9 Å². The second kappa shape index (κ2) is 6.01. The molecule has 0 amide bonds. The van der Waals surface area contributed by atoms with E-state index in [1.54, 1.807) is 0 Å². The molecule has 5 heteroatoms. The third-order valence-corrected chi connectivity index (χ3v) is 5.39. The Bertz CT molecular complexity index is 528. The Balaban J connectivity index is 1.89. The van der Waals surface area contributed by atoms with E-state index in [-0.39, 0.29) is 11.3 Å². The monoisotopic (exact) mass is 282 g/mol. The molecule has 1 aliphatic rings. The highest BCUT2D eigenvalue weighted by Gasteiger charge is 2.28. The Hall–Kier alpha value is -0.940. The zero-order valence-electron chi connectivity index (χ0n) is 11.6. The predicted octanol–water partition coefficient (Wildman–Crippen LogP) is 1.84. The number of hydrogen-bond acceptors (Lipinski definition) is 4. The Labute approximate surface area is 115 Å². The molecule has 0 radical (unpaired) electrons. The van der Waals surface area contributed by atoms with E-state index in [1.807, 2.05) is 25.1 Å². The Kier molecular flexibility index (Phi) is 4.58. The van der Waals surface area contributed by atoms with E-state index in [4.69, 9.17) is 0 Å². The summed E-state index contributed by atoms with van der Waals surface area (Å²) in [6, 6.07) is 6.26. The van der Waals surface area contributed by atoms with Crippen molar-refractivity contribution >= 4 is 9.84 Å². The number of nitrogens with one attached hydrogen (secondary N) is 1. The molecule has 19 heavy (non-hydrogen) atoms. The van der Waals surface area contributed by atoms with Crippen molar-refractivity contribution in [2.75, 3.05) is 6.26 Å². The zero-order valence-corrected chi connectivity index (χ0v) is 12.4. The van der Waals surface area contributed by atoms with Crippen LogP contribution in [0.4, 0.5) is 0 Å². The fraction of sp³-hybridized carbons (Fsp3) is 0.643. The van der Waals surface area contributed by atoms with Crippen LogP contribution < -0.4 is 5.32 Å². The van der Waals surface area contributed by atoms with Crippen LogP contribution in [0.1, 0.15) is 37.1 Å². The standard InChI is InChI=1S/C14H22N2O2S/c1-11-5-3-7-13(16-11)10-15-12-6-4-8-14(9-12)19(2,17)18/h3,5,7,12,14-15H,4,6,8-10H2,1-2H3. The third kappa shape index (κ3) is 4.28. The molecule has 106 valence electrons. The van der Waals surface area contributed by atoms with Crippen molar-refractivity contribution in [1.29, 1.82) is 0 Å². The van der Waals surface area contributed by atoms with Gasteiger partial charge in [0.25, 0.3) is 0 Å². The van der Waals surface area contributed by atoms with Gasteiger partial charge in [0.1, 0.15) is 9.84 Å². The lowest BCUT2D eigenvalue weighted by atomic mass is 9.95. The van der Waals surface area contributed by atoms with Gasteiger partial charge in [-0.15, -0.1) is 0 Å². The highest BCUT2D eigenvalue weighted by molar-refractivity contribution is 7.91. The molecule has 1 aliphatic carbocycles. The van der Waals surface area contributed by atoms with Crippen LogP contribution in [0.2, 0.25) is 0 Å². The molecule has 1 fully saturated rings. The normalized spacial score (nSPS) is 24.3. The van der Waals surface area contributed by atoms with Crippen molar-refractivity contribution in [1.82, 2.24) is 10.3 Å². The van der Waals surface area contributed by atoms with Crippen LogP contribution in [0.15, 0.2) is 18.2 Å². The zero-order chi connectivity index (χ0) is 13.9. The highest BCUT2D eigenvalue weighted by Crippen LogP contribution is 2.24. The minimum atomic E-state index is -2.90. The van der Waals surface area contributed by atoms with Crippen LogP contribution >= 0.6 is 0 Å². The molecule has 0 saturated heterocycles. The molecular weight excluding hydrogens is 260 g/mol. The quantitative estimate of drug-likeness (QED) is 0.915. The first kappa shape index (κ1) is 14.5. The first-order valence-electron chi connectivity index (χ1n) is 6.80. The van der Waals surface area contributed by atoms with Crippen LogP contribution in [0, 0.1) is 6.92 Å². The second-order valence-electron chi connectivity index (χ2n) is 5.47. The van der Waals surface area contributed by atoms with E-state index in [0.29, 0.717) is 6.54 Å². The van der Waals surface area contributed by atoms with E-state index >= 15 is 0 Å². The summed E-state index contributed by atoms with van der Waals surface area (Å²) in [6.45, 7) is 2.69. The SMILES string of the molecule is Cc1cccc(CNC2CCCC(S(C)(=O)=O)C2)n1. The van der Waals surface area contributed by atoms with Gasteiger partial charge in [-0.25, -0.2) is 8.42 Å². The lowest BCUT2D eigenvalue weighted by Crippen LogP contribution is -2.38. The van der Waals surface area contributed by atoms with Gasteiger partial charge in [-0.1, -0.05) is 12.5 Å². The summed E-state index contributed by atoms with van der Waals surface area (Å²) in [6.07, 6.45) is 4.92. The predicted molar refractivity (Wildman–Crippen MR) is 76.7 cm³/mol. The third-order valence-electron chi connectivity index (χ3n) is 3.75. The Morgan fingerprint density at radius 1 is 1.37 bits per heavy atom. The van der Waals surface area contributed by atoms with Gasteiger partial charge in [-0.3, -0.25) is 4.98 Å². The molecule has 2 atom stereocenters. The largest absolute Gasteiger partial charge is 0.308 e. The number of aromatic nitrogens is 1. The molecule has 4 nitrogen and oxygen atoms in total. The maximum atomic E-state index is 11.6. The molecule has 1 heterocycles. The fourth-order valence-corrected chi connectivity index (χ4v) is 3.84. The minimum Gasteiger partial charge on any atom is -0.308 e. The number of aryl methyl sites for hydroxylation is 1. The number of nitrogens with zero attached hydrogens (tertiary/aromatic N) is 1. The highest BCUT2D eigenvalue weighted by atomic mass is 32.2. The van der Waals surface area contributed by atoms with Gasteiger partial charge in [-0.05, 0) is 38.3 Å². The molecule has 0 bridgehead atoms. The summed E-state index contributed by atoms with van der Waals surface area (Å²) < 4.78 is 23.2. The van der Waals surface area contributed by atoms with Crippen LogP contribution in [-0.4, -0.2) is 30.9 Å². The maximum Gasteiger partial charge on any atom is 0.150 e. The van der Waals surface area contributed by atoms with Crippen molar-refractivity contribution in [3.05, 3.63) is 29.6 Å². The number of hydrogen-bond donors (Lipinski definition) is 1. The number of rotatable bonds is 4. The van der Waals surface area contributed by atoms with E-state index in [0.717, 1.165) is 37.1 Å². The first-order valence-corrected chi connectivity index (χ1v) is 8.75. The molecule has 1 aromatic rings. The van der Waals surface area contributed by atoms with Gasteiger partial charge in [0, 0.05) is 24.5 Å². The molecule has 0 aromatic carbocycles. The van der Waals surface area contributed by atoms with E-state index in [9.17, 15) is 8.42 Å². The molecule has 2 unspecified atom stereocenters. The van der Waals surface area contributed by atoms with E-state index in [2.05, 4.69) is 10.3 Å². The number of sulfone groups is 1. The van der Waals surface area contributed by atoms with Crippen LogP contribution in [0.5, 0.6) is 0 Å². The topological polar surface area (TPSA) is 59.1 Å². The van der Waals surface area contributed by atoms with Gasteiger partial charge >= 0.3 is 0 Å². The van der Waals surface area contributed by atoms with Crippen LogP contribution in [-0.2, 0) is 16.4 Å². The second-order valence-corrected chi connectivity index (χ2v) is 7.79. The molecule has 1 saturated carbocycles. The molecule has 1 aromatic heterocycles. The van der Waals surface area contributed by atoms with Crippen molar-refractivity contribution in [2.45, 2.75) is 50.4 Å². The maximum absolute atomic E-state index is 11.6. The number of pyridine rings is 1. The van der Waals surface area contributed by atoms with Gasteiger partial charge in [0.2, 0.25) is 0 Å². The van der Waals surface area contributed by atoms with Crippen LogP contribution in [0.3, 0.4) is 0 Å². The lowest BCUT2D eigenvalue weighted by Gasteiger charge is -2.28. The van der Waals surface area contributed by atoms with Gasteiger partial charge in [0.15, 0.2) is 0 Å². The summed E-state index contributed by atoms with van der Waals surface area (Å²) in [4.78, 5) is 4.44. The molecular formula is C14H22N2O2S. The van der Waals surface area contributed by atoms with E-state index < -0.39 is 9.84 Å². The average Bonchev–Trinajstić information content (AvgIpc) is 2.36. The van der Waals surface area contributed by atoms with Crippen molar-refractivity contribution < 1.29 is 8.42 Å². The van der Waals surface area contributed by atoms with Crippen molar-refractivity contribution in [3.8, 4) is 0 Å². The minimum absolute atomic E-state index is 0.177. The smallest absolute Gasteiger partial charge is 0.150 e. The summed E-state index contributed by atoms with van der Waals surface area (Å²) in [5.41, 5.74) is 2.03. The average molecular weight is 282 g/mol. The summed E-state index contributed by atoms with van der Waals surface area (Å²) in [5, 5.41) is 3.26. The lowest BCUT2D eigenvalue weighted by molar-refractivity contribution is 0.369. The van der Waals surface area contributed by atoms with E-state index in [1.165, 1.54) is 6.26 Å². The molecule has 0 aliphatic heterocycles. The summed E-state index contributed by atoms with van der Waals surface area (Å²) in [7, 11) is -2.90. The Morgan fingerprint density at radius 3 is 2.84 bits per heavy atom. The van der Waals surface area contributed by atoms with Crippen LogP contribution in [0.25, 0.3) is 0 Å². The van der Waals surface area contributed by atoms with Crippen molar-refractivity contribution in [3.63, 3.8) is 0 Å². The summed E-state index contributed by atoms with van der Waals surface area (Å²) >= 11 is 0.